The van der Waals surface area contributed by atoms with Gasteiger partial charge in [0.1, 0.15) is 11.5 Å². The monoisotopic (exact) mass is 278 g/mol. The number of nitrogens with one attached hydrogen (secondary N) is 1. The number of hydrogen-bond acceptors (Lipinski definition) is 3. The molecule has 1 aromatic heterocycles. The van der Waals surface area contributed by atoms with Gasteiger partial charge in [0.2, 0.25) is 0 Å². The lowest BCUT2D eigenvalue weighted by Crippen LogP contribution is -2.26. The van der Waals surface area contributed by atoms with Gasteiger partial charge >= 0.3 is 0 Å². The van der Waals surface area contributed by atoms with Crippen molar-refractivity contribution in [2.24, 2.45) is 0 Å². The summed E-state index contributed by atoms with van der Waals surface area (Å²) in [6.45, 7) is 11.8. The average Bonchev–Trinajstić information content (AvgIpc) is 3.17. The van der Waals surface area contributed by atoms with Gasteiger partial charge < -0.3 is 9.73 Å². The number of furan rings is 1. The van der Waals surface area contributed by atoms with Gasteiger partial charge in [0.05, 0.1) is 13.1 Å². The fraction of sp³-hybridized carbons (Fsp3) is 0.765. The van der Waals surface area contributed by atoms with Gasteiger partial charge in [-0.05, 0) is 44.4 Å². The predicted molar refractivity (Wildman–Crippen MR) is 83.8 cm³/mol. The minimum Gasteiger partial charge on any atom is -0.463 e. The van der Waals surface area contributed by atoms with Gasteiger partial charge in [0.15, 0.2) is 0 Å². The molecular formula is C17H30N2O. The summed E-state index contributed by atoms with van der Waals surface area (Å²) in [5, 5.41) is 3.43. The SMILES string of the molecule is CCCCN(Cc1cc(C)c(CNC(C)C)o1)C1CC1. The van der Waals surface area contributed by atoms with Gasteiger partial charge in [-0.2, -0.15) is 0 Å². The molecule has 1 aromatic rings. The second kappa shape index (κ2) is 7.28. The molecule has 0 unspecified atom stereocenters. The van der Waals surface area contributed by atoms with Crippen LogP contribution in [0.1, 0.15) is 63.5 Å². The minimum absolute atomic E-state index is 0.496. The second-order valence-electron chi connectivity index (χ2n) is 6.41. The summed E-state index contributed by atoms with van der Waals surface area (Å²) in [6, 6.07) is 3.53. The standard InChI is InChI=1S/C17H30N2O/c1-5-6-9-19(15-7-8-15)12-16-10-14(4)17(20-16)11-18-13(2)3/h10,13,15,18H,5-9,11-12H2,1-4H3. The van der Waals surface area contributed by atoms with E-state index in [4.69, 9.17) is 4.42 Å². The van der Waals surface area contributed by atoms with E-state index in [-0.39, 0.29) is 0 Å². The van der Waals surface area contributed by atoms with Crippen LogP contribution in [0.3, 0.4) is 0 Å². The Balaban J connectivity index is 1.92. The van der Waals surface area contributed by atoms with Crippen LogP contribution >= 0.6 is 0 Å². The minimum atomic E-state index is 0.496. The van der Waals surface area contributed by atoms with Gasteiger partial charge in [-0.3, -0.25) is 4.90 Å². The zero-order valence-electron chi connectivity index (χ0n) is 13.5. The largest absolute Gasteiger partial charge is 0.463 e. The Morgan fingerprint density at radius 3 is 2.75 bits per heavy atom. The summed E-state index contributed by atoms with van der Waals surface area (Å²) in [4.78, 5) is 2.60. The van der Waals surface area contributed by atoms with Crippen LogP contribution < -0.4 is 5.32 Å². The molecule has 0 aliphatic heterocycles. The van der Waals surface area contributed by atoms with E-state index >= 15 is 0 Å². The summed E-state index contributed by atoms with van der Waals surface area (Å²) >= 11 is 0. The topological polar surface area (TPSA) is 28.4 Å². The van der Waals surface area contributed by atoms with Crippen molar-refractivity contribution in [2.75, 3.05) is 6.54 Å². The Hall–Kier alpha value is -0.800. The van der Waals surface area contributed by atoms with E-state index in [0.29, 0.717) is 6.04 Å². The van der Waals surface area contributed by atoms with Gasteiger partial charge in [0.25, 0.3) is 0 Å². The first-order chi connectivity index (χ1) is 9.60. The lowest BCUT2D eigenvalue weighted by molar-refractivity contribution is 0.227. The maximum Gasteiger partial charge on any atom is 0.120 e. The smallest absolute Gasteiger partial charge is 0.120 e. The van der Waals surface area contributed by atoms with Crippen LogP contribution in [0.4, 0.5) is 0 Å². The summed E-state index contributed by atoms with van der Waals surface area (Å²) in [6.07, 6.45) is 5.29. The zero-order chi connectivity index (χ0) is 14.5. The first kappa shape index (κ1) is 15.6. The van der Waals surface area contributed by atoms with E-state index in [2.05, 4.69) is 44.0 Å². The van der Waals surface area contributed by atoms with Crippen LogP contribution in [0.15, 0.2) is 10.5 Å². The second-order valence-corrected chi connectivity index (χ2v) is 6.41. The van der Waals surface area contributed by atoms with Crippen LogP contribution in [0.2, 0.25) is 0 Å². The third-order valence-corrected chi connectivity index (χ3v) is 3.96. The molecule has 0 bridgehead atoms. The molecule has 0 aromatic carbocycles. The maximum absolute atomic E-state index is 6.05. The molecule has 1 aliphatic rings. The molecule has 20 heavy (non-hydrogen) atoms. The molecule has 0 atom stereocenters. The van der Waals surface area contributed by atoms with E-state index in [1.54, 1.807) is 0 Å². The van der Waals surface area contributed by atoms with Gasteiger partial charge in [-0.25, -0.2) is 0 Å². The van der Waals surface area contributed by atoms with Crippen LogP contribution in [-0.4, -0.2) is 23.5 Å². The van der Waals surface area contributed by atoms with Crippen molar-refractivity contribution in [1.82, 2.24) is 10.2 Å². The Morgan fingerprint density at radius 2 is 2.15 bits per heavy atom. The molecule has 1 saturated carbocycles. The van der Waals surface area contributed by atoms with E-state index in [0.717, 1.165) is 30.7 Å². The molecule has 1 N–H and O–H groups in total. The maximum atomic E-state index is 6.05. The van der Waals surface area contributed by atoms with Crippen LogP contribution in [-0.2, 0) is 13.1 Å². The molecule has 1 fully saturated rings. The zero-order valence-corrected chi connectivity index (χ0v) is 13.5. The normalized spacial score (nSPS) is 15.5. The van der Waals surface area contributed by atoms with Crippen molar-refractivity contribution >= 4 is 0 Å². The molecule has 114 valence electrons. The molecule has 0 saturated heterocycles. The highest BCUT2D eigenvalue weighted by Gasteiger charge is 2.29. The number of rotatable bonds is 9. The van der Waals surface area contributed by atoms with Crippen molar-refractivity contribution in [1.29, 1.82) is 0 Å². The van der Waals surface area contributed by atoms with Gasteiger partial charge in [-0.15, -0.1) is 0 Å². The Labute approximate surface area is 123 Å². The van der Waals surface area contributed by atoms with E-state index in [9.17, 15) is 0 Å². The van der Waals surface area contributed by atoms with Crippen molar-refractivity contribution in [2.45, 2.75) is 78.6 Å². The van der Waals surface area contributed by atoms with Crippen molar-refractivity contribution in [3.8, 4) is 0 Å². The van der Waals surface area contributed by atoms with Crippen LogP contribution in [0.5, 0.6) is 0 Å². The summed E-state index contributed by atoms with van der Waals surface area (Å²) in [7, 11) is 0. The molecule has 1 aliphatic carbocycles. The predicted octanol–water partition coefficient (Wildman–Crippen LogP) is 3.85. The Morgan fingerprint density at radius 1 is 1.40 bits per heavy atom. The highest BCUT2D eigenvalue weighted by Crippen LogP contribution is 2.29. The third-order valence-electron chi connectivity index (χ3n) is 3.96. The lowest BCUT2D eigenvalue weighted by atomic mass is 10.2. The summed E-state index contributed by atoms with van der Waals surface area (Å²) < 4.78 is 6.05. The number of unbranched alkanes of at least 4 members (excludes halogenated alkanes) is 1. The van der Waals surface area contributed by atoms with E-state index in [1.807, 2.05) is 0 Å². The van der Waals surface area contributed by atoms with Gasteiger partial charge in [0, 0.05) is 12.1 Å². The average molecular weight is 278 g/mol. The highest BCUT2D eigenvalue weighted by atomic mass is 16.3. The highest BCUT2D eigenvalue weighted by molar-refractivity contribution is 5.20. The van der Waals surface area contributed by atoms with Crippen molar-refractivity contribution in [3.05, 3.63) is 23.2 Å². The van der Waals surface area contributed by atoms with E-state index < -0.39 is 0 Å². The number of nitrogens with zero attached hydrogens (tertiary/aromatic N) is 1. The van der Waals surface area contributed by atoms with Crippen molar-refractivity contribution in [3.63, 3.8) is 0 Å². The molecule has 0 amide bonds. The van der Waals surface area contributed by atoms with Crippen LogP contribution in [0.25, 0.3) is 0 Å². The van der Waals surface area contributed by atoms with Gasteiger partial charge in [-0.1, -0.05) is 27.2 Å². The van der Waals surface area contributed by atoms with Crippen molar-refractivity contribution < 1.29 is 4.42 Å². The summed E-state index contributed by atoms with van der Waals surface area (Å²) in [5.41, 5.74) is 1.28. The Bertz CT molecular complexity index is 407. The molecule has 0 radical (unpaired) electrons. The third kappa shape index (κ3) is 4.64. The first-order valence-electron chi connectivity index (χ1n) is 8.15. The fourth-order valence-corrected chi connectivity index (χ4v) is 2.53. The van der Waals surface area contributed by atoms with E-state index in [1.165, 1.54) is 37.8 Å². The molecule has 1 heterocycles. The number of hydrogen-bond donors (Lipinski definition) is 1. The molecule has 3 nitrogen and oxygen atoms in total. The Kier molecular flexibility index (Phi) is 5.67. The quantitative estimate of drug-likeness (QED) is 0.743. The molecule has 0 spiro atoms. The lowest BCUT2D eigenvalue weighted by Gasteiger charge is -2.20. The molecular weight excluding hydrogens is 248 g/mol. The first-order valence-corrected chi connectivity index (χ1v) is 8.15. The summed E-state index contributed by atoms with van der Waals surface area (Å²) in [5.74, 6) is 2.23. The molecule has 2 rings (SSSR count). The van der Waals surface area contributed by atoms with Crippen LogP contribution in [0, 0.1) is 6.92 Å². The molecule has 3 heteroatoms. The fourth-order valence-electron chi connectivity index (χ4n) is 2.53. The number of aryl methyl sites for hydroxylation is 1.